The highest BCUT2D eigenvalue weighted by molar-refractivity contribution is 7.80. The first-order chi connectivity index (χ1) is 11.7. The molecular weight excluding hydrogens is 358 g/mol. The standard InChI is InChI=1S/C14H19NO9S/c16-7-10-11(17)12(18)13(19)14(23-10)9(15-24-25(20,21)22)6-8-4-2-1-3-5-8/h1-5,10-14,16-19H,6-7H2,(H,20,21,22)/b15-9-/t10-,11-,12+,13-,14+/m1/s1. The molecule has 1 saturated heterocycles. The lowest BCUT2D eigenvalue weighted by atomic mass is 9.90. The molecule has 5 N–H and O–H groups in total. The predicted molar refractivity (Wildman–Crippen MR) is 84.0 cm³/mol. The maximum absolute atomic E-state index is 10.8. The zero-order chi connectivity index (χ0) is 18.6. The van der Waals surface area contributed by atoms with Crippen LogP contribution in [0.4, 0.5) is 0 Å². The van der Waals surface area contributed by atoms with Crippen molar-refractivity contribution in [3.8, 4) is 0 Å². The van der Waals surface area contributed by atoms with Gasteiger partial charge in [-0.1, -0.05) is 35.5 Å². The van der Waals surface area contributed by atoms with Crippen molar-refractivity contribution < 1.29 is 42.4 Å². The van der Waals surface area contributed by atoms with E-state index in [1.54, 1.807) is 30.3 Å². The van der Waals surface area contributed by atoms with Gasteiger partial charge in [0.05, 0.1) is 12.3 Å². The molecule has 1 aliphatic rings. The summed E-state index contributed by atoms with van der Waals surface area (Å²) in [4.78, 5) is 0. The molecular formula is C14H19NO9S. The van der Waals surface area contributed by atoms with Crippen LogP contribution in [0.3, 0.4) is 0 Å². The van der Waals surface area contributed by atoms with Gasteiger partial charge >= 0.3 is 10.4 Å². The van der Waals surface area contributed by atoms with E-state index in [1.807, 2.05) is 0 Å². The van der Waals surface area contributed by atoms with Gasteiger partial charge in [-0.3, -0.25) is 4.55 Å². The van der Waals surface area contributed by atoms with Crippen LogP contribution in [0.25, 0.3) is 0 Å². The SMILES string of the molecule is O=S(=O)(O)O/N=C(/Cc1ccccc1)[C@@H]1O[C@H](CO)[C@@H](O)[C@H](O)[C@H]1O. The fourth-order valence-electron chi connectivity index (χ4n) is 2.46. The van der Waals surface area contributed by atoms with Gasteiger partial charge in [-0.15, -0.1) is 0 Å². The van der Waals surface area contributed by atoms with Crippen molar-refractivity contribution in [2.24, 2.45) is 5.16 Å². The van der Waals surface area contributed by atoms with Gasteiger partial charge < -0.3 is 25.2 Å². The van der Waals surface area contributed by atoms with E-state index in [-0.39, 0.29) is 12.1 Å². The van der Waals surface area contributed by atoms with Gasteiger partial charge in [0.1, 0.15) is 30.5 Å². The first-order valence-corrected chi connectivity index (χ1v) is 8.66. The minimum Gasteiger partial charge on any atom is -0.394 e. The van der Waals surface area contributed by atoms with Crippen molar-refractivity contribution in [3.63, 3.8) is 0 Å². The highest BCUT2D eigenvalue weighted by Crippen LogP contribution is 2.23. The van der Waals surface area contributed by atoms with Gasteiger partial charge in [-0.05, 0) is 5.56 Å². The molecule has 0 amide bonds. The second-order valence-electron chi connectivity index (χ2n) is 5.50. The van der Waals surface area contributed by atoms with E-state index in [2.05, 4.69) is 9.44 Å². The first kappa shape index (κ1) is 19.7. The Labute approximate surface area is 143 Å². The largest absolute Gasteiger partial charge is 0.466 e. The summed E-state index contributed by atoms with van der Waals surface area (Å²) in [6, 6.07) is 8.55. The van der Waals surface area contributed by atoms with E-state index in [0.29, 0.717) is 5.56 Å². The van der Waals surface area contributed by atoms with Gasteiger partial charge in [0.25, 0.3) is 0 Å². The number of aliphatic hydroxyl groups is 4. The van der Waals surface area contributed by atoms with E-state index in [0.717, 1.165) is 0 Å². The zero-order valence-electron chi connectivity index (χ0n) is 12.9. The van der Waals surface area contributed by atoms with E-state index in [4.69, 9.17) is 9.29 Å². The van der Waals surface area contributed by atoms with Gasteiger partial charge in [-0.25, -0.2) is 4.28 Å². The van der Waals surface area contributed by atoms with Crippen molar-refractivity contribution in [3.05, 3.63) is 35.9 Å². The van der Waals surface area contributed by atoms with Crippen LogP contribution in [-0.2, 0) is 25.8 Å². The van der Waals surface area contributed by atoms with Crippen LogP contribution in [0.15, 0.2) is 35.5 Å². The van der Waals surface area contributed by atoms with Crippen LogP contribution in [0, 0.1) is 0 Å². The predicted octanol–water partition coefficient (Wildman–Crippen LogP) is -1.75. The summed E-state index contributed by atoms with van der Waals surface area (Å²) in [7, 11) is -4.90. The van der Waals surface area contributed by atoms with E-state index < -0.39 is 47.5 Å². The fraction of sp³-hybridized carbons (Fsp3) is 0.500. The molecule has 10 nitrogen and oxygen atoms in total. The third-order valence-corrected chi connectivity index (χ3v) is 3.96. The smallest absolute Gasteiger partial charge is 0.394 e. The zero-order valence-corrected chi connectivity index (χ0v) is 13.7. The van der Waals surface area contributed by atoms with Gasteiger partial charge in [0, 0.05) is 6.42 Å². The lowest BCUT2D eigenvalue weighted by molar-refractivity contribution is -0.212. The summed E-state index contributed by atoms with van der Waals surface area (Å²) in [6.45, 7) is -0.654. The van der Waals surface area contributed by atoms with Gasteiger partial charge in [0.15, 0.2) is 0 Å². The molecule has 1 aliphatic heterocycles. The lowest BCUT2D eigenvalue weighted by Gasteiger charge is -2.40. The summed E-state index contributed by atoms with van der Waals surface area (Å²) < 4.78 is 39.6. The average molecular weight is 377 g/mol. The molecule has 0 aromatic heterocycles. The second kappa shape index (κ2) is 8.19. The van der Waals surface area contributed by atoms with Crippen LogP contribution in [0.2, 0.25) is 0 Å². The molecule has 2 rings (SSSR count). The molecule has 140 valence electrons. The Morgan fingerprint density at radius 3 is 2.32 bits per heavy atom. The van der Waals surface area contributed by atoms with Crippen LogP contribution < -0.4 is 0 Å². The van der Waals surface area contributed by atoms with Crippen molar-refractivity contribution in [1.82, 2.24) is 0 Å². The molecule has 0 radical (unpaired) electrons. The normalized spacial score (nSPS) is 30.9. The Morgan fingerprint density at radius 2 is 1.76 bits per heavy atom. The van der Waals surface area contributed by atoms with E-state index >= 15 is 0 Å². The molecule has 0 bridgehead atoms. The topological polar surface area (TPSA) is 166 Å². The first-order valence-electron chi connectivity index (χ1n) is 7.30. The number of hydrogen-bond donors (Lipinski definition) is 5. The maximum atomic E-state index is 10.8. The summed E-state index contributed by atoms with van der Waals surface area (Å²) >= 11 is 0. The molecule has 1 aromatic carbocycles. The third kappa shape index (κ3) is 5.19. The van der Waals surface area contributed by atoms with Crippen molar-refractivity contribution in [1.29, 1.82) is 0 Å². The maximum Gasteiger partial charge on any atom is 0.466 e. The number of aliphatic hydroxyl groups excluding tert-OH is 4. The summed E-state index contributed by atoms with van der Waals surface area (Å²) in [6.07, 6.45) is -7.52. The van der Waals surface area contributed by atoms with Crippen molar-refractivity contribution in [2.45, 2.75) is 36.9 Å². The summed E-state index contributed by atoms with van der Waals surface area (Å²) in [5.74, 6) is 0. The van der Waals surface area contributed by atoms with Crippen molar-refractivity contribution >= 4 is 16.1 Å². The number of hydrogen-bond acceptors (Lipinski definition) is 9. The van der Waals surface area contributed by atoms with Crippen LogP contribution in [0.5, 0.6) is 0 Å². The van der Waals surface area contributed by atoms with Crippen LogP contribution >= 0.6 is 0 Å². The van der Waals surface area contributed by atoms with Crippen LogP contribution in [0.1, 0.15) is 5.56 Å². The minimum absolute atomic E-state index is 0.0426. The molecule has 5 atom stereocenters. The molecule has 1 aromatic rings. The Hall–Kier alpha value is -1.60. The third-order valence-electron chi connectivity index (χ3n) is 3.70. The highest BCUT2D eigenvalue weighted by Gasteiger charge is 2.45. The molecule has 1 heterocycles. The van der Waals surface area contributed by atoms with Crippen LogP contribution in [-0.4, -0.2) is 76.2 Å². The Bertz CT molecular complexity index is 692. The molecule has 11 heteroatoms. The molecule has 0 saturated carbocycles. The number of ether oxygens (including phenoxy) is 1. The molecule has 1 fully saturated rings. The monoisotopic (exact) mass is 377 g/mol. The number of oxime groups is 1. The Kier molecular flexibility index (Phi) is 6.46. The fourth-order valence-corrected chi connectivity index (χ4v) is 2.65. The second-order valence-corrected chi connectivity index (χ2v) is 6.50. The van der Waals surface area contributed by atoms with E-state index in [1.165, 1.54) is 0 Å². The quantitative estimate of drug-likeness (QED) is 0.219. The highest BCUT2D eigenvalue weighted by atomic mass is 32.3. The summed E-state index contributed by atoms with van der Waals surface area (Å²) in [5.41, 5.74) is 0.484. The molecule has 25 heavy (non-hydrogen) atoms. The molecule has 0 spiro atoms. The minimum atomic E-state index is -4.90. The Morgan fingerprint density at radius 1 is 1.12 bits per heavy atom. The molecule has 0 aliphatic carbocycles. The number of rotatable bonds is 6. The summed E-state index contributed by atoms with van der Waals surface area (Å²) in [5, 5.41) is 42.3. The molecule has 0 unspecified atom stereocenters. The lowest BCUT2D eigenvalue weighted by Crippen LogP contribution is -2.60. The Balaban J connectivity index is 2.32. The number of benzene rings is 1. The van der Waals surface area contributed by atoms with E-state index in [9.17, 15) is 28.8 Å². The van der Waals surface area contributed by atoms with Gasteiger partial charge in [-0.2, -0.15) is 8.42 Å². The van der Waals surface area contributed by atoms with Gasteiger partial charge in [0.2, 0.25) is 0 Å². The van der Waals surface area contributed by atoms with Crippen molar-refractivity contribution in [2.75, 3.05) is 6.61 Å². The number of nitrogens with zero attached hydrogens (tertiary/aromatic N) is 1. The average Bonchev–Trinajstić information content (AvgIpc) is 2.57.